The summed E-state index contributed by atoms with van der Waals surface area (Å²) in [6, 6.07) is 7.34. The summed E-state index contributed by atoms with van der Waals surface area (Å²) in [6.45, 7) is 2.53. The van der Waals surface area contributed by atoms with Crippen molar-refractivity contribution in [3.05, 3.63) is 34.9 Å². The Morgan fingerprint density at radius 1 is 1.47 bits per heavy atom. The van der Waals surface area contributed by atoms with Crippen LogP contribution in [0, 0.1) is 12.3 Å². The molecule has 90 valence electrons. The maximum absolute atomic E-state index is 11.5. The fourth-order valence-electron chi connectivity index (χ4n) is 1.38. The first kappa shape index (κ1) is 13.6. The summed E-state index contributed by atoms with van der Waals surface area (Å²) in [4.78, 5) is 11.5. The second kappa shape index (κ2) is 6.95. The van der Waals surface area contributed by atoms with E-state index in [-0.39, 0.29) is 18.5 Å². The van der Waals surface area contributed by atoms with E-state index >= 15 is 0 Å². The molecular formula is C13H15ClN2O. The monoisotopic (exact) mass is 250 g/mol. The molecule has 1 atom stereocenters. The van der Waals surface area contributed by atoms with Gasteiger partial charge in [-0.15, -0.1) is 6.42 Å². The predicted molar refractivity (Wildman–Crippen MR) is 69.7 cm³/mol. The van der Waals surface area contributed by atoms with Gasteiger partial charge in [0.15, 0.2) is 0 Å². The first-order chi connectivity index (χ1) is 8.13. The lowest BCUT2D eigenvalue weighted by Gasteiger charge is -2.14. The summed E-state index contributed by atoms with van der Waals surface area (Å²) in [5.74, 6) is 2.33. The van der Waals surface area contributed by atoms with E-state index < -0.39 is 0 Å². The average Bonchev–Trinajstić information content (AvgIpc) is 2.30. The molecule has 0 saturated carbocycles. The number of nitrogens with one attached hydrogen (secondary N) is 2. The highest BCUT2D eigenvalue weighted by atomic mass is 35.5. The van der Waals surface area contributed by atoms with E-state index in [1.165, 1.54) is 0 Å². The van der Waals surface area contributed by atoms with Crippen LogP contribution in [0.15, 0.2) is 24.3 Å². The van der Waals surface area contributed by atoms with Gasteiger partial charge < -0.3 is 5.32 Å². The Labute approximate surface area is 107 Å². The van der Waals surface area contributed by atoms with Gasteiger partial charge in [-0.25, -0.2) is 0 Å². The lowest BCUT2D eigenvalue weighted by Crippen LogP contribution is -2.35. The largest absolute Gasteiger partial charge is 0.348 e. The minimum absolute atomic E-state index is 0.0487. The summed E-state index contributed by atoms with van der Waals surface area (Å²) >= 11 is 5.79. The second-order valence-electron chi connectivity index (χ2n) is 3.65. The lowest BCUT2D eigenvalue weighted by atomic mass is 10.1. The van der Waals surface area contributed by atoms with Gasteiger partial charge in [0, 0.05) is 5.02 Å². The highest BCUT2D eigenvalue weighted by molar-refractivity contribution is 6.30. The highest BCUT2D eigenvalue weighted by Gasteiger charge is 2.08. The number of amides is 1. The number of halogens is 1. The smallest absolute Gasteiger partial charge is 0.234 e. The average molecular weight is 251 g/mol. The maximum atomic E-state index is 11.5. The highest BCUT2D eigenvalue weighted by Crippen LogP contribution is 2.15. The van der Waals surface area contributed by atoms with Crippen molar-refractivity contribution in [1.82, 2.24) is 10.6 Å². The molecule has 1 unspecified atom stereocenters. The molecule has 2 N–H and O–H groups in total. The Morgan fingerprint density at radius 2 is 2.12 bits per heavy atom. The van der Waals surface area contributed by atoms with Gasteiger partial charge in [-0.2, -0.15) is 0 Å². The van der Waals surface area contributed by atoms with E-state index in [0.717, 1.165) is 5.56 Å². The molecule has 4 heteroatoms. The first-order valence-electron chi connectivity index (χ1n) is 5.32. The van der Waals surface area contributed by atoms with Gasteiger partial charge in [-0.3, -0.25) is 10.1 Å². The van der Waals surface area contributed by atoms with E-state index in [0.29, 0.717) is 11.6 Å². The maximum Gasteiger partial charge on any atom is 0.234 e. The molecule has 0 aliphatic rings. The molecule has 0 bridgehead atoms. The summed E-state index contributed by atoms with van der Waals surface area (Å²) < 4.78 is 0. The quantitative estimate of drug-likeness (QED) is 0.617. The number of hydrogen-bond acceptors (Lipinski definition) is 2. The molecule has 3 nitrogen and oxygen atoms in total. The predicted octanol–water partition coefficient (Wildman–Crippen LogP) is 1.74. The summed E-state index contributed by atoms with van der Waals surface area (Å²) in [5, 5.41) is 6.38. The van der Waals surface area contributed by atoms with Crippen molar-refractivity contribution in [2.24, 2.45) is 0 Å². The molecule has 1 aromatic carbocycles. The SMILES string of the molecule is C#CCNCC(=O)NC(C)c1ccc(Cl)cc1. The standard InChI is InChI=1S/C13H15ClN2O/c1-3-8-15-9-13(17)16-10(2)11-4-6-12(14)7-5-11/h1,4-7,10,15H,8-9H2,2H3,(H,16,17). The number of terminal acetylenes is 1. The molecule has 0 fully saturated rings. The summed E-state index contributed by atoms with van der Waals surface area (Å²) in [7, 11) is 0. The summed E-state index contributed by atoms with van der Waals surface area (Å²) in [5.41, 5.74) is 1.01. The van der Waals surface area contributed by atoms with E-state index in [2.05, 4.69) is 16.6 Å². The normalized spacial score (nSPS) is 11.6. The molecule has 0 aromatic heterocycles. The van der Waals surface area contributed by atoms with Crippen LogP contribution >= 0.6 is 11.6 Å². The van der Waals surface area contributed by atoms with Crippen LogP contribution in [-0.2, 0) is 4.79 Å². The Morgan fingerprint density at radius 3 is 2.71 bits per heavy atom. The second-order valence-corrected chi connectivity index (χ2v) is 4.08. The third-order valence-corrected chi connectivity index (χ3v) is 2.51. The number of rotatable bonds is 5. The zero-order chi connectivity index (χ0) is 12.7. The minimum atomic E-state index is -0.0808. The fourth-order valence-corrected chi connectivity index (χ4v) is 1.50. The zero-order valence-corrected chi connectivity index (χ0v) is 10.4. The molecule has 0 heterocycles. The van der Waals surface area contributed by atoms with Crippen LogP contribution < -0.4 is 10.6 Å². The van der Waals surface area contributed by atoms with Crippen molar-refractivity contribution < 1.29 is 4.79 Å². The van der Waals surface area contributed by atoms with E-state index in [9.17, 15) is 4.79 Å². The molecule has 0 aliphatic heterocycles. The van der Waals surface area contributed by atoms with Gasteiger partial charge >= 0.3 is 0 Å². The molecule has 0 saturated heterocycles. The molecule has 1 amide bonds. The minimum Gasteiger partial charge on any atom is -0.348 e. The van der Waals surface area contributed by atoms with E-state index in [4.69, 9.17) is 18.0 Å². The molecule has 0 radical (unpaired) electrons. The van der Waals surface area contributed by atoms with Crippen LogP contribution in [0.3, 0.4) is 0 Å². The number of hydrogen-bond donors (Lipinski definition) is 2. The lowest BCUT2D eigenvalue weighted by molar-refractivity contribution is -0.120. The van der Waals surface area contributed by atoms with Crippen LogP contribution in [0.4, 0.5) is 0 Å². The van der Waals surface area contributed by atoms with E-state index in [1.807, 2.05) is 19.1 Å². The number of carbonyl (C=O) groups is 1. The van der Waals surface area contributed by atoms with Crippen molar-refractivity contribution in [2.75, 3.05) is 13.1 Å². The van der Waals surface area contributed by atoms with Gasteiger partial charge in [-0.1, -0.05) is 29.7 Å². The van der Waals surface area contributed by atoms with Gasteiger partial charge in [0.05, 0.1) is 19.1 Å². The Bertz CT molecular complexity index is 408. The molecule has 1 rings (SSSR count). The van der Waals surface area contributed by atoms with Crippen molar-refractivity contribution in [1.29, 1.82) is 0 Å². The fraction of sp³-hybridized carbons (Fsp3) is 0.308. The molecular weight excluding hydrogens is 236 g/mol. The Hall–Kier alpha value is -1.50. The van der Waals surface area contributed by atoms with Crippen LogP contribution in [-0.4, -0.2) is 19.0 Å². The van der Waals surface area contributed by atoms with Crippen LogP contribution in [0.5, 0.6) is 0 Å². The topological polar surface area (TPSA) is 41.1 Å². The van der Waals surface area contributed by atoms with Crippen LogP contribution in [0.1, 0.15) is 18.5 Å². The van der Waals surface area contributed by atoms with Crippen LogP contribution in [0.2, 0.25) is 5.02 Å². The molecule has 0 aliphatic carbocycles. The summed E-state index contributed by atoms with van der Waals surface area (Å²) in [6.07, 6.45) is 5.06. The van der Waals surface area contributed by atoms with Gasteiger partial charge in [-0.05, 0) is 24.6 Å². The third-order valence-electron chi connectivity index (χ3n) is 2.26. The Kier molecular flexibility index (Phi) is 5.55. The molecule has 0 spiro atoms. The van der Waals surface area contributed by atoms with Gasteiger partial charge in [0.2, 0.25) is 5.91 Å². The van der Waals surface area contributed by atoms with Crippen molar-refractivity contribution in [2.45, 2.75) is 13.0 Å². The van der Waals surface area contributed by atoms with Crippen molar-refractivity contribution in [3.63, 3.8) is 0 Å². The van der Waals surface area contributed by atoms with Gasteiger partial charge in [0.1, 0.15) is 0 Å². The van der Waals surface area contributed by atoms with Crippen LogP contribution in [0.25, 0.3) is 0 Å². The Balaban J connectivity index is 2.43. The molecule has 17 heavy (non-hydrogen) atoms. The third kappa shape index (κ3) is 4.90. The van der Waals surface area contributed by atoms with Crippen molar-refractivity contribution in [3.8, 4) is 12.3 Å². The zero-order valence-electron chi connectivity index (χ0n) is 9.66. The molecule has 1 aromatic rings. The number of benzene rings is 1. The van der Waals surface area contributed by atoms with Gasteiger partial charge in [0.25, 0.3) is 0 Å². The first-order valence-corrected chi connectivity index (χ1v) is 5.70. The number of carbonyl (C=O) groups excluding carboxylic acids is 1. The van der Waals surface area contributed by atoms with Crippen molar-refractivity contribution >= 4 is 17.5 Å². The van der Waals surface area contributed by atoms with E-state index in [1.54, 1.807) is 12.1 Å².